The zero-order chi connectivity index (χ0) is 18.8. The third-order valence-corrected chi connectivity index (χ3v) is 5.24. The lowest BCUT2D eigenvalue weighted by atomic mass is 10.0. The summed E-state index contributed by atoms with van der Waals surface area (Å²) in [5, 5.41) is 2.71. The topological polar surface area (TPSA) is 52.0 Å². The summed E-state index contributed by atoms with van der Waals surface area (Å²) in [5.74, 6) is 0.980. The van der Waals surface area contributed by atoms with Crippen molar-refractivity contribution >= 4 is 11.6 Å². The molecule has 0 saturated carbocycles. The monoisotopic (exact) mass is 371 g/mol. The molecular formula is C21H24FN2O3+. The van der Waals surface area contributed by atoms with Gasteiger partial charge in [0.1, 0.15) is 25.1 Å². The standard InChI is InChI=1S/C21H23FN2O3/c1-14-4-6-17(16(22)11-14)23-21(25)13-24-8-2-3-18(24)15-5-7-19-20(12-15)27-10-9-26-19/h4-7,11-12,18H,2-3,8-10,13H2,1H3,(H,23,25)/p+1/t18-/m0/s1. The van der Waals surface area contributed by atoms with Gasteiger partial charge in [0.2, 0.25) is 0 Å². The van der Waals surface area contributed by atoms with Gasteiger partial charge in [0.05, 0.1) is 12.2 Å². The fraction of sp³-hybridized carbons (Fsp3) is 0.381. The molecule has 0 aliphatic carbocycles. The highest BCUT2D eigenvalue weighted by Crippen LogP contribution is 2.33. The first kappa shape index (κ1) is 17.8. The third kappa shape index (κ3) is 3.90. The number of carbonyl (C=O) groups is 1. The Morgan fingerprint density at radius 1 is 1.19 bits per heavy atom. The maximum Gasteiger partial charge on any atom is 0.279 e. The molecule has 0 spiro atoms. The molecule has 27 heavy (non-hydrogen) atoms. The summed E-state index contributed by atoms with van der Waals surface area (Å²) >= 11 is 0. The SMILES string of the molecule is Cc1ccc(NC(=O)C[NH+]2CCC[C@H]2c2ccc3c(c2)OCCO3)c(F)c1. The second-order valence-corrected chi connectivity index (χ2v) is 7.21. The van der Waals surface area contributed by atoms with E-state index in [0.717, 1.165) is 42.0 Å². The number of nitrogens with one attached hydrogen (secondary N) is 2. The largest absolute Gasteiger partial charge is 0.486 e. The van der Waals surface area contributed by atoms with Gasteiger partial charge in [-0.15, -0.1) is 0 Å². The van der Waals surface area contributed by atoms with Crippen molar-refractivity contribution in [1.82, 2.24) is 0 Å². The van der Waals surface area contributed by atoms with E-state index in [0.29, 0.717) is 19.8 Å². The zero-order valence-electron chi connectivity index (χ0n) is 15.4. The van der Waals surface area contributed by atoms with E-state index in [2.05, 4.69) is 11.4 Å². The summed E-state index contributed by atoms with van der Waals surface area (Å²) in [5.41, 5.74) is 2.22. The first-order valence-electron chi connectivity index (χ1n) is 9.40. The van der Waals surface area contributed by atoms with E-state index < -0.39 is 5.82 Å². The first-order chi connectivity index (χ1) is 13.1. The van der Waals surface area contributed by atoms with Gasteiger partial charge in [0, 0.05) is 18.4 Å². The summed E-state index contributed by atoms with van der Waals surface area (Å²) in [6.45, 7) is 4.18. The second-order valence-electron chi connectivity index (χ2n) is 7.21. The molecular weight excluding hydrogens is 347 g/mol. The van der Waals surface area contributed by atoms with Crippen LogP contribution in [0.1, 0.15) is 30.0 Å². The Morgan fingerprint density at radius 2 is 2.00 bits per heavy atom. The maximum absolute atomic E-state index is 14.0. The number of anilines is 1. The van der Waals surface area contributed by atoms with Crippen molar-refractivity contribution in [3.63, 3.8) is 0 Å². The maximum atomic E-state index is 14.0. The Morgan fingerprint density at radius 3 is 2.81 bits per heavy atom. The number of aryl methyl sites for hydroxylation is 1. The molecule has 2 aliphatic rings. The van der Waals surface area contributed by atoms with E-state index in [4.69, 9.17) is 9.47 Å². The number of rotatable bonds is 4. The predicted octanol–water partition coefficient (Wildman–Crippen LogP) is 2.26. The number of amides is 1. The van der Waals surface area contributed by atoms with Crippen LogP contribution in [0.3, 0.4) is 0 Å². The van der Waals surface area contributed by atoms with Crippen molar-refractivity contribution in [2.24, 2.45) is 0 Å². The van der Waals surface area contributed by atoms with Crippen molar-refractivity contribution < 1.29 is 23.6 Å². The zero-order valence-corrected chi connectivity index (χ0v) is 15.4. The van der Waals surface area contributed by atoms with Crippen molar-refractivity contribution in [2.75, 3.05) is 31.6 Å². The fourth-order valence-electron chi connectivity index (χ4n) is 3.92. The molecule has 1 amide bonds. The van der Waals surface area contributed by atoms with Gasteiger partial charge >= 0.3 is 0 Å². The highest BCUT2D eigenvalue weighted by atomic mass is 19.1. The molecule has 2 aliphatic heterocycles. The molecule has 4 rings (SSSR count). The van der Waals surface area contributed by atoms with E-state index in [1.54, 1.807) is 12.1 Å². The average molecular weight is 371 g/mol. The average Bonchev–Trinajstić information content (AvgIpc) is 3.11. The lowest BCUT2D eigenvalue weighted by Crippen LogP contribution is -3.11. The van der Waals surface area contributed by atoms with Crippen LogP contribution >= 0.6 is 0 Å². The van der Waals surface area contributed by atoms with Crippen molar-refractivity contribution in [1.29, 1.82) is 0 Å². The molecule has 0 bridgehead atoms. The number of ether oxygens (including phenoxy) is 2. The van der Waals surface area contributed by atoms with Gasteiger partial charge in [-0.3, -0.25) is 4.79 Å². The summed E-state index contributed by atoms with van der Waals surface area (Å²) in [6.07, 6.45) is 2.07. The minimum absolute atomic E-state index is 0.169. The smallest absolute Gasteiger partial charge is 0.279 e. The van der Waals surface area contributed by atoms with E-state index in [-0.39, 0.29) is 17.6 Å². The number of hydrogen-bond acceptors (Lipinski definition) is 3. The van der Waals surface area contributed by atoms with Crippen LogP contribution < -0.4 is 19.7 Å². The molecule has 1 unspecified atom stereocenters. The van der Waals surface area contributed by atoms with Crippen LogP contribution in [0.5, 0.6) is 11.5 Å². The van der Waals surface area contributed by atoms with Gasteiger partial charge in [-0.25, -0.2) is 4.39 Å². The number of quaternary nitrogens is 1. The van der Waals surface area contributed by atoms with Crippen LogP contribution in [-0.4, -0.2) is 32.2 Å². The molecule has 0 radical (unpaired) electrons. The third-order valence-electron chi connectivity index (χ3n) is 5.24. The molecule has 2 aromatic rings. The Bertz CT molecular complexity index is 855. The number of likely N-dealkylation sites (tertiary alicyclic amines) is 1. The van der Waals surface area contributed by atoms with Crippen molar-refractivity contribution in [3.8, 4) is 11.5 Å². The lowest BCUT2D eigenvalue weighted by Gasteiger charge is -2.24. The van der Waals surface area contributed by atoms with Gasteiger partial charge in [0.15, 0.2) is 18.0 Å². The minimum Gasteiger partial charge on any atom is -0.486 e. The Kier molecular flexibility index (Phi) is 4.99. The fourth-order valence-corrected chi connectivity index (χ4v) is 3.92. The normalized spacial score (nSPS) is 21.1. The predicted molar refractivity (Wildman–Crippen MR) is 99.9 cm³/mol. The highest BCUT2D eigenvalue weighted by Gasteiger charge is 2.32. The van der Waals surface area contributed by atoms with Crippen LogP contribution in [-0.2, 0) is 4.79 Å². The van der Waals surface area contributed by atoms with Gasteiger partial charge < -0.3 is 19.7 Å². The molecule has 1 fully saturated rings. The van der Waals surface area contributed by atoms with E-state index in [1.807, 2.05) is 19.1 Å². The second kappa shape index (κ2) is 7.56. The molecule has 2 N–H and O–H groups in total. The van der Waals surface area contributed by atoms with Crippen LogP contribution in [0.15, 0.2) is 36.4 Å². The van der Waals surface area contributed by atoms with Crippen molar-refractivity contribution in [2.45, 2.75) is 25.8 Å². The molecule has 0 aromatic heterocycles. The lowest BCUT2D eigenvalue weighted by molar-refractivity contribution is -0.910. The highest BCUT2D eigenvalue weighted by molar-refractivity contribution is 5.91. The molecule has 2 aromatic carbocycles. The van der Waals surface area contributed by atoms with Crippen molar-refractivity contribution in [3.05, 3.63) is 53.3 Å². The Hall–Kier alpha value is -2.60. The Balaban J connectivity index is 1.44. The van der Waals surface area contributed by atoms with Crippen LogP contribution in [0, 0.1) is 12.7 Å². The molecule has 6 heteroatoms. The number of benzene rings is 2. The van der Waals surface area contributed by atoms with Gasteiger partial charge in [-0.2, -0.15) is 0 Å². The van der Waals surface area contributed by atoms with Gasteiger partial charge in [0.25, 0.3) is 5.91 Å². The van der Waals surface area contributed by atoms with E-state index in [9.17, 15) is 9.18 Å². The minimum atomic E-state index is -0.400. The number of hydrogen-bond donors (Lipinski definition) is 2. The number of fused-ring (bicyclic) bond motifs is 1. The summed E-state index contributed by atoms with van der Waals surface area (Å²) in [7, 11) is 0. The summed E-state index contributed by atoms with van der Waals surface area (Å²) < 4.78 is 25.3. The quantitative estimate of drug-likeness (QED) is 0.867. The molecule has 5 nitrogen and oxygen atoms in total. The molecule has 1 saturated heterocycles. The van der Waals surface area contributed by atoms with Gasteiger partial charge in [-0.05, 0) is 42.8 Å². The van der Waals surface area contributed by atoms with E-state index in [1.165, 1.54) is 11.0 Å². The van der Waals surface area contributed by atoms with Gasteiger partial charge in [-0.1, -0.05) is 6.07 Å². The Labute approximate surface area is 158 Å². The first-order valence-corrected chi connectivity index (χ1v) is 9.40. The van der Waals surface area contributed by atoms with Crippen LogP contribution in [0.4, 0.5) is 10.1 Å². The van der Waals surface area contributed by atoms with E-state index >= 15 is 0 Å². The molecule has 2 heterocycles. The van der Waals surface area contributed by atoms with Crippen LogP contribution in [0.25, 0.3) is 0 Å². The van der Waals surface area contributed by atoms with Crippen LogP contribution in [0.2, 0.25) is 0 Å². The summed E-state index contributed by atoms with van der Waals surface area (Å²) in [4.78, 5) is 13.7. The molecule has 142 valence electrons. The number of halogens is 1. The summed E-state index contributed by atoms with van der Waals surface area (Å²) in [6, 6.07) is 11.1. The number of carbonyl (C=O) groups excluding carboxylic acids is 1. The molecule has 2 atom stereocenters.